The second kappa shape index (κ2) is 19.2. The summed E-state index contributed by atoms with van der Waals surface area (Å²) in [6, 6.07) is -4.54. The highest BCUT2D eigenvalue weighted by Gasteiger charge is 2.45. The van der Waals surface area contributed by atoms with Crippen molar-refractivity contribution in [1.82, 2.24) is 35.6 Å². The molecule has 1 saturated heterocycles. The zero-order valence-electron chi connectivity index (χ0n) is 29.4. The Kier molecular flexibility index (Phi) is 17.2. The molecule has 1 aliphatic rings. The van der Waals surface area contributed by atoms with Crippen LogP contribution in [-0.2, 0) is 29.4 Å². The molecule has 0 aromatic rings. The van der Waals surface area contributed by atoms with Crippen LogP contribution in [0.5, 0.6) is 0 Å². The van der Waals surface area contributed by atoms with E-state index in [-0.39, 0.29) is 44.9 Å². The lowest BCUT2D eigenvalue weighted by Gasteiger charge is -2.37. The topological polar surface area (TPSA) is 195 Å². The van der Waals surface area contributed by atoms with Crippen molar-refractivity contribution < 1.29 is 32.4 Å². The Bertz CT molecular complexity index is 1260. The van der Waals surface area contributed by atoms with E-state index >= 15 is 0 Å². The van der Waals surface area contributed by atoms with Gasteiger partial charge in [0.1, 0.15) is 12.1 Å². The number of alkyl halides is 1. The highest BCUT2D eigenvalue weighted by atomic mass is 35.5. The monoisotopic (exact) mass is 717 g/mol. The van der Waals surface area contributed by atoms with Crippen molar-refractivity contribution in [2.45, 2.75) is 98.3 Å². The summed E-state index contributed by atoms with van der Waals surface area (Å²) in [5.41, 5.74) is -1.39. The average molecular weight is 718 g/mol. The molecule has 274 valence electrons. The fourth-order valence-corrected chi connectivity index (χ4v) is 6.04. The molecule has 0 radical (unpaired) electrons. The first-order chi connectivity index (χ1) is 22.2. The number of carbonyl (C=O) groups excluding carboxylic acids is 5. The van der Waals surface area contributed by atoms with Crippen LogP contribution < -0.4 is 30.7 Å². The second-order valence-electron chi connectivity index (χ2n) is 14.1. The van der Waals surface area contributed by atoms with Gasteiger partial charge in [0.25, 0.3) is 16.1 Å². The van der Waals surface area contributed by atoms with Crippen LogP contribution in [0.15, 0.2) is 25.3 Å². The van der Waals surface area contributed by atoms with Gasteiger partial charge in [-0.25, -0.2) is 14.2 Å². The van der Waals surface area contributed by atoms with E-state index in [1.807, 2.05) is 27.7 Å². The van der Waals surface area contributed by atoms with Gasteiger partial charge in [0.2, 0.25) is 17.6 Å². The van der Waals surface area contributed by atoms with E-state index in [0.717, 1.165) is 0 Å². The predicted octanol–water partition coefficient (Wildman–Crippen LogP) is 1.73. The maximum Gasteiger partial charge on any atom is 0.315 e. The molecule has 0 aliphatic carbocycles. The number of likely N-dealkylation sites (tertiary alicyclic amines) is 1. The van der Waals surface area contributed by atoms with Crippen LogP contribution in [0.1, 0.15) is 74.1 Å². The number of urea groups is 1. The van der Waals surface area contributed by atoms with Crippen molar-refractivity contribution in [3.63, 3.8) is 0 Å². The molecule has 1 heterocycles. The molecule has 5 atom stereocenters. The lowest BCUT2D eigenvalue weighted by molar-refractivity contribution is -0.143. The number of nitrogens with one attached hydrogen (secondary N) is 6. The number of hydrogen-bond acceptors (Lipinski definition) is 7. The van der Waals surface area contributed by atoms with E-state index in [9.17, 15) is 32.4 Å². The summed E-state index contributed by atoms with van der Waals surface area (Å²) in [4.78, 5) is 67.8. The average Bonchev–Trinajstić information content (AvgIpc) is 3.43. The molecule has 1 unspecified atom stereocenters. The third kappa shape index (κ3) is 13.8. The Morgan fingerprint density at radius 1 is 0.979 bits per heavy atom. The van der Waals surface area contributed by atoms with Gasteiger partial charge in [0, 0.05) is 38.1 Å². The fraction of sp³-hybridized carbons (Fsp3) is 0.719. The Morgan fingerprint density at radius 2 is 1.62 bits per heavy atom. The lowest BCUT2D eigenvalue weighted by Crippen LogP contribution is -2.62. The Balaban J connectivity index is 3.20. The van der Waals surface area contributed by atoms with Crippen LogP contribution in [0.3, 0.4) is 0 Å². The van der Waals surface area contributed by atoms with Crippen LogP contribution in [0.2, 0.25) is 0 Å². The highest BCUT2D eigenvalue weighted by Crippen LogP contribution is 2.29. The van der Waals surface area contributed by atoms with E-state index in [1.165, 1.54) is 11.0 Å². The summed E-state index contributed by atoms with van der Waals surface area (Å²) in [5.74, 6) is -2.67. The second-order valence-corrected chi connectivity index (χ2v) is 16.0. The molecule has 0 spiro atoms. The third-order valence-electron chi connectivity index (χ3n) is 7.91. The van der Waals surface area contributed by atoms with Gasteiger partial charge >= 0.3 is 6.03 Å². The number of nitrogens with zero attached hydrogens (tertiary/aromatic N) is 1. The normalized spacial score (nSPS) is 18.6. The number of ketones is 1. The van der Waals surface area contributed by atoms with Crippen molar-refractivity contribution in [2.75, 3.05) is 32.1 Å². The van der Waals surface area contributed by atoms with Crippen LogP contribution >= 0.6 is 11.6 Å². The van der Waals surface area contributed by atoms with Gasteiger partial charge in [0.05, 0.1) is 6.04 Å². The van der Waals surface area contributed by atoms with Gasteiger partial charge in [-0.3, -0.25) is 19.2 Å². The number of rotatable bonds is 19. The zero-order valence-corrected chi connectivity index (χ0v) is 31.0. The maximum atomic E-state index is 14.2. The molecular formula is C32H56ClN7O7S. The smallest absolute Gasteiger partial charge is 0.315 e. The van der Waals surface area contributed by atoms with Gasteiger partial charge < -0.3 is 26.2 Å². The molecule has 1 fully saturated rings. The summed E-state index contributed by atoms with van der Waals surface area (Å²) in [6.07, 6.45) is 4.51. The molecule has 16 heteroatoms. The van der Waals surface area contributed by atoms with Crippen molar-refractivity contribution >= 4 is 51.3 Å². The predicted molar refractivity (Wildman–Crippen MR) is 187 cm³/mol. The minimum Gasteiger partial charge on any atom is -0.346 e. The quantitative estimate of drug-likeness (QED) is 0.0507. The first-order valence-electron chi connectivity index (χ1n) is 16.3. The van der Waals surface area contributed by atoms with E-state index in [1.54, 1.807) is 26.8 Å². The number of Topliss-reactive ketones (excluding diaryl/α,β-unsaturated/α-hetero) is 1. The molecule has 14 nitrogen and oxygen atoms in total. The standard InChI is InChI=1S/C32H56ClN7O7S/c1-10-14-22(25(41)28(43)34-16-11-2)37-27(42)23-18-21(12-3)20-40(23)29(44)26(32(7,8)9)39-30(45)38-24(31(4,5)6)19-36-48(46,47)35-17-13-15-33/h11-12,21-24,26,35-36H,2-3,10,13-20H2,1,4-9H3,(H,34,43)(H,37,42)(H2,38,39,45)/t21-,22?,23+,24-,26-/m1/s1. The van der Waals surface area contributed by atoms with Crippen molar-refractivity contribution in [3.05, 3.63) is 25.3 Å². The van der Waals surface area contributed by atoms with E-state index in [4.69, 9.17) is 11.6 Å². The Labute approximate surface area is 291 Å². The SMILES string of the molecule is C=CCNC(=O)C(=O)C(CCC)NC(=O)[C@@H]1C[C@@H](C=C)CN1C(=O)[C@@H](NC(=O)N[C@H](CNS(=O)(=O)NCCCCl)C(C)(C)C)C(C)(C)C. The Morgan fingerprint density at radius 3 is 2.15 bits per heavy atom. The molecule has 5 amide bonds. The molecule has 0 bridgehead atoms. The highest BCUT2D eigenvalue weighted by molar-refractivity contribution is 7.87. The molecule has 0 saturated carbocycles. The first-order valence-corrected chi connectivity index (χ1v) is 18.3. The van der Waals surface area contributed by atoms with Gasteiger partial charge in [-0.15, -0.1) is 24.8 Å². The van der Waals surface area contributed by atoms with Crippen molar-refractivity contribution in [2.24, 2.45) is 16.7 Å². The first kappa shape index (κ1) is 43.0. The van der Waals surface area contributed by atoms with E-state index < -0.39 is 74.7 Å². The van der Waals surface area contributed by atoms with Gasteiger partial charge in [-0.05, 0) is 36.0 Å². The molecule has 0 aromatic heterocycles. The summed E-state index contributed by atoms with van der Waals surface area (Å²) in [7, 11) is -3.85. The summed E-state index contributed by atoms with van der Waals surface area (Å²) < 4.78 is 29.6. The van der Waals surface area contributed by atoms with Gasteiger partial charge in [-0.1, -0.05) is 67.0 Å². The minimum atomic E-state index is -3.85. The molecular weight excluding hydrogens is 662 g/mol. The van der Waals surface area contributed by atoms with Crippen LogP contribution in [0.4, 0.5) is 4.79 Å². The number of amides is 5. The molecule has 1 rings (SSSR count). The summed E-state index contributed by atoms with van der Waals surface area (Å²) >= 11 is 5.63. The minimum absolute atomic E-state index is 0.0936. The summed E-state index contributed by atoms with van der Waals surface area (Å²) in [6.45, 7) is 20.3. The van der Waals surface area contributed by atoms with E-state index in [0.29, 0.717) is 18.7 Å². The van der Waals surface area contributed by atoms with Crippen molar-refractivity contribution in [3.8, 4) is 0 Å². The molecule has 0 aromatic carbocycles. The van der Waals surface area contributed by atoms with Crippen LogP contribution in [0.25, 0.3) is 0 Å². The number of carbonyl (C=O) groups is 5. The molecule has 6 N–H and O–H groups in total. The maximum absolute atomic E-state index is 14.2. The summed E-state index contributed by atoms with van der Waals surface area (Å²) in [5, 5.41) is 10.7. The number of hydrogen-bond donors (Lipinski definition) is 6. The largest absolute Gasteiger partial charge is 0.346 e. The number of halogens is 1. The fourth-order valence-electron chi connectivity index (χ4n) is 5.00. The molecule has 48 heavy (non-hydrogen) atoms. The Hall–Kier alpha value is -3.01. The van der Waals surface area contributed by atoms with Gasteiger partial charge in [0.15, 0.2) is 0 Å². The molecule has 1 aliphatic heterocycles. The van der Waals surface area contributed by atoms with E-state index in [2.05, 4.69) is 43.9 Å². The van der Waals surface area contributed by atoms with Crippen molar-refractivity contribution in [1.29, 1.82) is 0 Å². The van der Waals surface area contributed by atoms with Crippen LogP contribution in [0, 0.1) is 16.7 Å². The third-order valence-corrected chi connectivity index (χ3v) is 9.31. The van der Waals surface area contributed by atoms with Crippen LogP contribution in [-0.4, -0.2) is 99.1 Å². The zero-order chi connectivity index (χ0) is 36.9. The lowest BCUT2D eigenvalue weighted by atomic mass is 9.85. The van der Waals surface area contributed by atoms with Gasteiger partial charge in [-0.2, -0.15) is 8.42 Å².